The van der Waals surface area contributed by atoms with Gasteiger partial charge in [0.25, 0.3) is 0 Å². The summed E-state index contributed by atoms with van der Waals surface area (Å²) >= 11 is 0. The molecule has 0 saturated carbocycles. The maximum Gasteiger partial charge on any atom is 0.214 e. The average molecular weight is 531 g/mol. The zero-order valence-electron chi connectivity index (χ0n) is 25.0. The molecule has 6 heteroatoms. The first-order chi connectivity index (χ1) is 18.4. The molecule has 0 radical (unpaired) electrons. The number of carbonyl (C=O) groups excluding carboxylic acids is 1. The number of nitrogens with zero attached hydrogens (tertiary/aromatic N) is 1. The van der Waals surface area contributed by atoms with Crippen LogP contribution in [0.4, 0.5) is 0 Å². The predicted molar refractivity (Wildman–Crippen MR) is 163 cm³/mol. The van der Waals surface area contributed by atoms with Crippen molar-refractivity contribution in [2.75, 3.05) is 47.6 Å². The number of allylic oxidation sites excluding steroid dienone is 9. The van der Waals surface area contributed by atoms with Crippen LogP contribution in [0.5, 0.6) is 0 Å². The minimum absolute atomic E-state index is 0.223. The first-order valence-corrected chi connectivity index (χ1v) is 13.6. The second-order valence-corrected chi connectivity index (χ2v) is 8.79. The minimum atomic E-state index is 0.223. The van der Waals surface area contributed by atoms with Gasteiger partial charge in [0.05, 0.1) is 7.11 Å². The third kappa shape index (κ3) is 20.4. The summed E-state index contributed by atoms with van der Waals surface area (Å²) in [5, 5.41) is 11.1. The van der Waals surface area contributed by atoms with Crippen molar-refractivity contribution in [3.8, 4) is 0 Å². The zero-order chi connectivity index (χ0) is 29.0. The van der Waals surface area contributed by atoms with E-state index in [2.05, 4.69) is 66.9 Å². The van der Waals surface area contributed by atoms with Crippen LogP contribution in [0.2, 0.25) is 0 Å². The molecule has 0 aromatic carbocycles. The number of hydrogen-bond acceptors (Lipinski definition) is 5. The second-order valence-electron chi connectivity index (χ2n) is 8.79. The normalized spacial score (nSPS) is 20.4. The molecule has 0 heterocycles. The summed E-state index contributed by atoms with van der Waals surface area (Å²) in [5.74, 6) is 1.61. The first kappa shape index (κ1) is 37.5. The van der Waals surface area contributed by atoms with Gasteiger partial charge >= 0.3 is 0 Å². The molecule has 0 aromatic heterocycles. The topological polar surface area (TPSA) is 71.0 Å². The molecule has 6 nitrogen and oxygen atoms in total. The van der Waals surface area contributed by atoms with Gasteiger partial charge in [0, 0.05) is 45.5 Å². The van der Waals surface area contributed by atoms with Crippen molar-refractivity contribution in [2.24, 2.45) is 11.8 Å². The third-order valence-electron chi connectivity index (χ3n) is 5.55. The molecule has 2 N–H and O–H groups in total. The summed E-state index contributed by atoms with van der Waals surface area (Å²) in [6.45, 7) is 14.7. The summed E-state index contributed by atoms with van der Waals surface area (Å²) in [6, 6.07) is 0. The van der Waals surface area contributed by atoms with Crippen LogP contribution in [-0.2, 0) is 14.3 Å². The fourth-order valence-corrected chi connectivity index (χ4v) is 3.51. The molecule has 1 rings (SSSR count). The summed E-state index contributed by atoms with van der Waals surface area (Å²) in [6.07, 6.45) is 25.6. The zero-order valence-corrected chi connectivity index (χ0v) is 25.0. The van der Waals surface area contributed by atoms with Crippen LogP contribution >= 0.6 is 0 Å². The number of methoxy groups -OCH3 is 2. The molecular formula is C32H54N2O4. The monoisotopic (exact) mass is 530 g/mol. The molecule has 2 unspecified atom stereocenters. The average Bonchev–Trinajstić information content (AvgIpc) is 2.90. The Morgan fingerprint density at radius 2 is 1.95 bits per heavy atom. The lowest BCUT2D eigenvalue weighted by atomic mass is 10.0. The molecule has 0 spiro atoms. The van der Waals surface area contributed by atoms with Crippen molar-refractivity contribution in [1.29, 1.82) is 0 Å². The Morgan fingerprint density at radius 3 is 2.53 bits per heavy atom. The molecule has 0 saturated heterocycles. The van der Waals surface area contributed by atoms with Gasteiger partial charge in [-0.25, -0.2) is 0 Å². The number of hydrogen-bond donors (Lipinski definition) is 2. The Labute approximate surface area is 233 Å². The summed E-state index contributed by atoms with van der Waals surface area (Å²) in [7, 11) is 4.98. The largest absolute Gasteiger partial charge is 0.500 e. The number of amides is 1. The van der Waals surface area contributed by atoms with Crippen molar-refractivity contribution in [3.05, 3.63) is 84.4 Å². The van der Waals surface area contributed by atoms with Crippen LogP contribution < -0.4 is 5.32 Å². The van der Waals surface area contributed by atoms with E-state index in [-0.39, 0.29) is 12.5 Å². The fraction of sp³-hybridized carbons (Fsp3) is 0.531. The van der Waals surface area contributed by atoms with E-state index in [4.69, 9.17) is 9.84 Å². The predicted octanol–water partition coefficient (Wildman–Crippen LogP) is 6.36. The van der Waals surface area contributed by atoms with Gasteiger partial charge in [0.15, 0.2) is 0 Å². The molecule has 38 heavy (non-hydrogen) atoms. The highest BCUT2D eigenvalue weighted by Crippen LogP contribution is 2.17. The van der Waals surface area contributed by atoms with Gasteiger partial charge in [0.2, 0.25) is 6.41 Å². The Bertz CT molecular complexity index is 776. The van der Waals surface area contributed by atoms with Crippen LogP contribution in [-0.4, -0.2) is 64.0 Å². The van der Waals surface area contributed by atoms with Gasteiger partial charge in [0.1, 0.15) is 5.76 Å². The van der Waals surface area contributed by atoms with Crippen molar-refractivity contribution >= 4 is 6.41 Å². The van der Waals surface area contributed by atoms with E-state index in [1.807, 2.05) is 31.2 Å². The SMILES string of the molecule is C=C(C=CC/C=C\C)N(C=O)CC(CC)CCNCC1=C/C(C)/C(OC)=C\C=C/C/C=C\1.CCO.COC. The maximum absolute atomic E-state index is 11.6. The van der Waals surface area contributed by atoms with Crippen molar-refractivity contribution in [2.45, 2.75) is 53.4 Å². The van der Waals surface area contributed by atoms with Crippen molar-refractivity contribution < 1.29 is 19.4 Å². The molecule has 0 aliphatic heterocycles. The van der Waals surface area contributed by atoms with E-state index in [1.54, 1.807) is 33.2 Å². The maximum atomic E-state index is 11.6. The number of aliphatic hydroxyl groups excluding tert-OH is 1. The van der Waals surface area contributed by atoms with E-state index in [0.29, 0.717) is 12.5 Å². The number of ether oxygens (including phenoxy) is 2. The van der Waals surface area contributed by atoms with E-state index in [9.17, 15) is 4.79 Å². The molecule has 0 bridgehead atoms. The standard InChI is InChI=1S/C28H42N2O2.2C2H6O/c1-6-8-9-12-15-25(4)30(23-31)22-26(7-2)18-19-29-21-27-16-13-10-11-14-17-28(32-5)24(3)20-27;1-3-2;1-2-3/h6,8,11-17,20,23-24,26,29H,4,7,9-10,18-19,21-22H2,1-3,5H3;1-2H3;3H,2H2,1H3/b8-6-,14-11-,15-12?,16-13-,27-20+,28-17+;;. The molecule has 0 fully saturated rings. The molecule has 216 valence electrons. The lowest BCUT2D eigenvalue weighted by molar-refractivity contribution is -0.116. The van der Waals surface area contributed by atoms with Crippen LogP contribution in [0.15, 0.2) is 84.4 Å². The Hall–Kier alpha value is -2.67. The highest BCUT2D eigenvalue weighted by atomic mass is 16.5. The van der Waals surface area contributed by atoms with Crippen molar-refractivity contribution in [1.82, 2.24) is 10.2 Å². The van der Waals surface area contributed by atoms with Crippen LogP contribution in [0.3, 0.4) is 0 Å². The fourth-order valence-electron chi connectivity index (χ4n) is 3.51. The summed E-state index contributed by atoms with van der Waals surface area (Å²) in [5.41, 5.74) is 2.01. The number of carbonyl (C=O) groups is 1. The van der Waals surface area contributed by atoms with Crippen LogP contribution in [0.1, 0.15) is 53.4 Å². The summed E-state index contributed by atoms with van der Waals surface area (Å²) < 4.78 is 9.78. The minimum Gasteiger partial charge on any atom is -0.500 e. The molecule has 0 aromatic rings. The quantitative estimate of drug-likeness (QED) is 0.118. The highest BCUT2D eigenvalue weighted by molar-refractivity contribution is 5.52. The van der Waals surface area contributed by atoms with Gasteiger partial charge < -0.3 is 24.8 Å². The number of nitrogens with one attached hydrogen (secondary N) is 1. The third-order valence-corrected chi connectivity index (χ3v) is 5.55. The first-order valence-electron chi connectivity index (χ1n) is 13.6. The van der Waals surface area contributed by atoms with E-state index in [1.165, 1.54) is 5.57 Å². The van der Waals surface area contributed by atoms with Gasteiger partial charge in [-0.1, -0.05) is 75.5 Å². The van der Waals surface area contributed by atoms with Crippen LogP contribution in [0.25, 0.3) is 0 Å². The van der Waals surface area contributed by atoms with Gasteiger partial charge in [-0.3, -0.25) is 4.79 Å². The lowest BCUT2D eigenvalue weighted by Gasteiger charge is -2.24. The van der Waals surface area contributed by atoms with Crippen LogP contribution in [0, 0.1) is 11.8 Å². The van der Waals surface area contributed by atoms with E-state index >= 15 is 0 Å². The molecule has 2 atom stereocenters. The molecule has 1 amide bonds. The van der Waals surface area contributed by atoms with Crippen molar-refractivity contribution in [3.63, 3.8) is 0 Å². The molecular weight excluding hydrogens is 476 g/mol. The second kappa shape index (κ2) is 27.4. The smallest absolute Gasteiger partial charge is 0.214 e. The molecule has 1 aliphatic carbocycles. The number of rotatable bonds is 14. The Kier molecular flexibility index (Phi) is 27.0. The highest BCUT2D eigenvalue weighted by Gasteiger charge is 2.13. The van der Waals surface area contributed by atoms with E-state index in [0.717, 1.165) is 56.6 Å². The summed E-state index contributed by atoms with van der Waals surface area (Å²) in [4.78, 5) is 13.3. The Morgan fingerprint density at radius 1 is 1.26 bits per heavy atom. The van der Waals surface area contributed by atoms with Gasteiger partial charge in [-0.15, -0.1) is 0 Å². The van der Waals surface area contributed by atoms with Gasteiger partial charge in [-0.2, -0.15) is 0 Å². The van der Waals surface area contributed by atoms with E-state index < -0.39 is 0 Å². The Balaban J connectivity index is 0. The molecule has 1 aliphatic rings. The van der Waals surface area contributed by atoms with Gasteiger partial charge in [-0.05, 0) is 63.3 Å². The lowest BCUT2D eigenvalue weighted by Crippen LogP contribution is -2.29. The number of aliphatic hydroxyl groups is 1.